The maximum Gasteiger partial charge on any atom is 0.134 e. The number of fused-ring (bicyclic) bond motifs is 4. The lowest BCUT2D eigenvalue weighted by atomic mass is 10.0. The highest BCUT2D eigenvalue weighted by Crippen LogP contribution is 2.39. The normalized spacial score (nSPS) is 22.2. The zero-order valence-electron chi connectivity index (χ0n) is 17.6. The van der Waals surface area contributed by atoms with Crippen molar-refractivity contribution in [3.8, 4) is 0 Å². The Morgan fingerprint density at radius 3 is 2.81 bits per heavy atom. The Hall–Kier alpha value is -2.02. The van der Waals surface area contributed by atoms with E-state index in [-0.39, 0.29) is 5.82 Å². The van der Waals surface area contributed by atoms with Crippen molar-refractivity contribution in [3.63, 3.8) is 0 Å². The molecule has 0 aliphatic carbocycles. The highest BCUT2D eigenvalue weighted by Gasteiger charge is 2.27. The molecule has 1 saturated heterocycles. The largest absolute Gasteiger partial charge is 0.461 e. The summed E-state index contributed by atoms with van der Waals surface area (Å²) in [5, 5.41) is 1.47. The highest BCUT2D eigenvalue weighted by atomic mass is 32.2. The van der Waals surface area contributed by atoms with Crippen molar-refractivity contribution in [2.24, 2.45) is 0 Å². The van der Waals surface area contributed by atoms with E-state index in [2.05, 4.69) is 28.0 Å². The number of morpholine rings is 1. The lowest BCUT2D eigenvalue weighted by Gasteiger charge is -2.33. The zero-order chi connectivity index (χ0) is 20.8. The van der Waals surface area contributed by atoms with Crippen LogP contribution < -0.4 is 4.90 Å². The van der Waals surface area contributed by atoms with E-state index in [9.17, 15) is 4.39 Å². The Balaban J connectivity index is 1.25. The van der Waals surface area contributed by atoms with Crippen LogP contribution in [0.3, 0.4) is 0 Å². The summed E-state index contributed by atoms with van der Waals surface area (Å²) in [4.78, 5) is 6.43. The van der Waals surface area contributed by atoms with Crippen molar-refractivity contribution in [3.05, 3.63) is 59.1 Å². The van der Waals surface area contributed by atoms with Crippen LogP contribution >= 0.6 is 11.8 Å². The Morgan fingerprint density at radius 1 is 1.00 bits per heavy atom. The van der Waals surface area contributed by atoms with Crippen molar-refractivity contribution >= 4 is 28.4 Å². The van der Waals surface area contributed by atoms with Crippen LogP contribution in [0.15, 0.2) is 45.7 Å². The van der Waals surface area contributed by atoms with Gasteiger partial charge in [0.05, 0.1) is 18.6 Å². The Morgan fingerprint density at radius 2 is 1.90 bits per heavy atom. The molecule has 0 spiro atoms. The minimum atomic E-state index is -0.204. The number of halogens is 1. The van der Waals surface area contributed by atoms with Crippen molar-refractivity contribution in [1.82, 2.24) is 4.90 Å². The topological polar surface area (TPSA) is 28.9 Å². The van der Waals surface area contributed by atoms with Crippen LogP contribution in [0, 0.1) is 5.82 Å². The lowest BCUT2D eigenvalue weighted by molar-refractivity contribution is 0.0313. The summed E-state index contributed by atoms with van der Waals surface area (Å²) >= 11 is 2.03. The van der Waals surface area contributed by atoms with Gasteiger partial charge >= 0.3 is 0 Å². The van der Waals surface area contributed by atoms with Crippen molar-refractivity contribution in [1.29, 1.82) is 0 Å². The van der Waals surface area contributed by atoms with Gasteiger partial charge < -0.3 is 14.1 Å². The van der Waals surface area contributed by atoms with Gasteiger partial charge in [-0.2, -0.15) is 0 Å². The molecule has 0 bridgehead atoms. The zero-order valence-corrected chi connectivity index (χ0v) is 18.4. The van der Waals surface area contributed by atoms with Crippen LogP contribution in [-0.4, -0.2) is 43.1 Å². The highest BCUT2D eigenvalue weighted by molar-refractivity contribution is 8.00. The summed E-state index contributed by atoms with van der Waals surface area (Å²) in [6.07, 6.45) is 4.45. The van der Waals surface area contributed by atoms with E-state index in [0.717, 1.165) is 74.5 Å². The number of nitrogens with zero attached hydrogens (tertiary/aromatic N) is 2. The van der Waals surface area contributed by atoms with E-state index in [0.29, 0.717) is 5.37 Å². The smallest absolute Gasteiger partial charge is 0.134 e. The van der Waals surface area contributed by atoms with Crippen LogP contribution in [0.1, 0.15) is 29.7 Å². The number of anilines is 1. The second-order valence-corrected chi connectivity index (χ2v) is 9.94. The third kappa shape index (κ3) is 3.75. The van der Waals surface area contributed by atoms with Crippen molar-refractivity contribution in [2.75, 3.05) is 37.7 Å². The predicted octanol–water partition coefficient (Wildman–Crippen LogP) is 5.22. The molecule has 162 valence electrons. The van der Waals surface area contributed by atoms with E-state index in [4.69, 9.17) is 9.15 Å². The molecule has 1 atom stereocenters. The second kappa shape index (κ2) is 8.15. The third-order valence-electron chi connectivity index (χ3n) is 6.82. The van der Waals surface area contributed by atoms with E-state index in [1.54, 1.807) is 12.1 Å². The molecule has 3 aromatic rings. The summed E-state index contributed by atoms with van der Waals surface area (Å²) in [5.74, 6) is 0.806. The Labute approximate surface area is 186 Å². The van der Waals surface area contributed by atoms with Gasteiger partial charge in [-0.3, -0.25) is 4.90 Å². The van der Waals surface area contributed by atoms with Gasteiger partial charge in [-0.15, -0.1) is 11.8 Å². The number of ether oxygens (including phenoxy) is 1. The minimum absolute atomic E-state index is 0.204. The number of benzene rings is 2. The second-order valence-electron chi connectivity index (χ2n) is 8.72. The maximum absolute atomic E-state index is 13.8. The van der Waals surface area contributed by atoms with Gasteiger partial charge in [0, 0.05) is 54.1 Å². The van der Waals surface area contributed by atoms with E-state index in [1.807, 2.05) is 11.8 Å². The van der Waals surface area contributed by atoms with Gasteiger partial charge in [0.15, 0.2) is 0 Å². The molecule has 1 unspecified atom stereocenters. The average Bonchev–Trinajstić information content (AvgIpc) is 3.02. The Bertz CT molecular complexity index is 1110. The molecule has 0 N–H and O–H groups in total. The van der Waals surface area contributed by atoms with Gasteiger partial charge in [0.1, 0.15) is 17.2 Å². The molecule has 4 nitrogen and oxygen atoms in total. The average molecular weight is 439 g/mol. The van der Waals surface area contributed by atoms with Crippen LogP contribution in [-0.2, 0) is 24.1 Å². The van der Waals surface area contributed by atoms with Crippen LogP contribution in [0.2, 0.25) is 0 Å². The van der Waals surface area contributed by atoms with Gasteiger partial charge in [0.25, 0.3) is 0 Å². The molecule has 4 heterocycles. The molecule has 1 aromatic heterocycles. The molecule has 1 fully saturated rings. The maximum atomic E-state index is 13.8. The van der Waals surface area contributed by atoms with E-state index in [1.165, 1.54) is 35.1 Å². The fourth-order valence-electron chi connectivity index (χ4n) is 5.14. The SMILES string of the molecule is Fc1ccc2oc3c(c2c1)CN(c1ccc2c(c1)CCCC(N1CCOCC1)S2)CC3. The van der Waals surface area contributed by atoms with Gasteiger partial charge in [0.2, 0.25) is 0 Å². The van der Waals surface area contributed by atoms with Crippen LogP contribution in [0.25, 0.3) is 11.0 Å². The van der Waals surface area contributed by atoms with Crippen LogP contribution in [0.5, 0.6) is 0 Å². The number of hydrogen-bond donors (Lipinski definition) is 0. The summed E-state index contributed by atoms with van der Waals surface area (Å²) in [5.41, 5.74) is 4.66. The quantitative estimate of drug-likeness (QED) is 0.547. The van der Waals surface area contributed by atoms with E-state index < -0.39 is 0 Å². The summed E-state index contributed by atoms with van der Waals surface area (Å²) in [7, 11) is 0. The monoisotopic (exact) mass is 438 g/mol. The summed E-state index contributed by atoms with van der Waals surface area (Å²) in [6, 6.07) is 11.8. The van der Waals surface area contributed by atoms with Gasteiger partial charge in [-0.1, -0.05) is 0 Å². The molecule has 0 amide bonds. The molecular formula is C25H27FN2O2S. The fourth-order valence-corrected chi connectivity index (χ4v) is 6.54. The molecule has 2 aromatic carbocycles. The van der Waals surface area contributed by atoms with Gasteiger partial charge in [-0.05, 0) is 61.2 Å². The number of thioether (sulfide) groups is 1. The molecule has 0 saturated carbocycles. The molecule has 3 aliphatic rings. The molecule has 31 heavy (non-hydrogen) atoms. The number of aryl methyl sites for hydroxylation is 1. The first-order valence-electron chi connectivity index (χ1n) is 11.3. The Kier molecular flexibility index (Phi) is 5.17. The number of hydrogen-bond acceptors (Lipinski definition) is 5. The molecule has 0 radical (unpaired) electrons. The molecule has 3 aliphatic heterocycles. The molecule has 6 rings (SSSR count). The van der Waals surface area contributed by atoms with Crippen molar-refractivity contribution in [2.45, 2.75) is 42.5 Å². The van der Waals surface area contributed by atoms with E-state index >= 15 is 0 Å². The third-order valence-corrected chi connectivity index (χ3v) is 8.27. The lowest BCUT2D eigenvalue weighted by Crippen LogP contribution is -2.41. The molecule has 6 heteroatoms. The minimum Gasteiger partial charge on any atom is -0.461 e. The first-order valence-corrected chi connectivity index (χ1v) is 12.2. The standard InChI is InChI=1S/C25H27FN2O2S/c26-18-4-6-22-20(15-18)21-16-28(9-8-23(21)30-22)19-5-7-24-17(14-19)2-1-3-25(31-24)27-10-12-29-13-11-27/h4-7,14-15,25H,1-3,8-13,16H2. The van der Waals surface area contributed by atoms with Crippen LogP contribution in [0.4, 0.5) is 10.1 Å². The number of furan rings is 1. The first-order chi connectivity index (χ1) is 15.2. The first kappa shape index (κ1) is 19.6. The predicted molar refractivity (Wildman–Crippen MR) is 122 cm³/mol. The molecular weight excluding hydrogens is 411 g/mol. The summed E-state index contributed by atoms with van der Waals surface area (Å²) < 4.78 is 25.4. The fraction of sp³-hybridized carbons (Fsp3) is 0.440. The number of rotatable bonds is 2. The van der Waals surface area contributed by atoms with Gasteiger partial charge in [-0.25, -0.2) is 4.39 Å². The summed E-state index contributed by atoms with van der Waals surface area (Å²) in [6.45, 7) is 5.49. The van der Waals surface area contributed by atoms with Crippen molar-refractivity contribution < 1.29 is 13.5 Å².